The van der Waals surface area contributed by atoms with Crippen LogP contribution in [0, 0.1) is 0 Å². The second-order valence-corrected chi connectivity index (χ2v) is 13.6. The maximum atomic E-state index is 12.4. The molecule has 0 heterocycles. The highest BCUT2D eigenvalue weighted by molar-refractivity contribution is 7.85. The van der Waals surface area contributed by atoms with Gasteiger partial charge in [0.15, 0.2) is 0 Å². The number of nitrogens with one attached hydrogen (secondary N) is 1. The zero-order valence-electron chi connectivity index (χ0n) is 29.2. The predicted molar refractivity (Wildman–Crippen MR) is 197 cm³/mol. The third-order valence-electron chi connectivity index (χ3n) is 7.68. The molecule has 1 amide bonds. The molecular weight excluding hydrogens is 594 g/mol. The monoisotopic (exact) mass is 661 g/mol. The molecule has 264 valence electrons. The normalized spacial score (nSPS) is 14.3. The van der Waals surface area contributed by atoms with Crippen LogP contribution in [0.2, 0.25) is 0 Å². The maximum absolute atomic E-state index is 12.4. The fourth-order valence-corrected chi connectivity index (χ4v) is 5.74. The van der Waals surface area contributed by atoms with Gasteiger partial charge in [0.25, 0.3) is 10.1 Å². The molecule has 6 nitrogen and oxygen atoms in total. The van der Waals surface area contributed by atoms with Crippen molar-refractivity contribution in [3.8, 4) is 0 Å². The van der Waals surface area contributed by atoms with Crippen LogP contribution < -0.4 is 5.32 Å². The van der Waals surface area contributed by atoms with Crippen LogP contribution in [0.5, 0.6) is 0 Å². The summed E-state index contributed by atoms with van der Waals surface area (Å²) in [6.07, 6.45) is 45.7. The van der Waals surface area contributed by atoms with E-state index in [9.17, 15) is 22.9 Å². The third kappa shape index (κ3) is 33.2. The minimum absolute atomic E-state index is 0.277. The Hall–Kier alpha value is -2.22. The number of unbranched alkanes of at least 4 members (excludes halogenated alkanes) is 11. The number of amides is 1. The Bertz CT molecular complexity index is 994. The van der Waals surface area contributed by atoms with Gasteiger partial charge in [0.05, 0.1) is 17.9 Å². The molecule has 0 fully saturated rings. The van der Waals surface area contributed by atoms with Crippen molar-refractivity contribution in [3.05, 3.63) is 72.9 Å². The number of aliphatic hydroxyl groups excluding tert-OH is 1. The van der Waals surface area contributed by atoms with Crippen LogP contribution in [0.25, 0.3) is 0 Å². The number of aliphatic hydroxyl groups is 1. The summed E-state index contributed by atoms with van der Waals surface area (Å²) in [6.45, 7) is 4.34. The van der Waals surface area contributed by atoms with Gasteiger partial charge in [-0.15, -0.1) is 0 Å². The molecule has 0 aliphatic rings. The van der Waals surface area contributed by atoms with Gasteiger partial charge in [-0.25, -0.2) is 0 Å². The lowest BCUT2D eigenvalue weighted by molar-refractivity contribution is -0.122. The summed E-state index contributed by atoms with van der Waals surface area (Å²) < 4.78 is 32.3. The van der Waals surface area contributed by atoms with Crippen molar-refractivity contribution in [1.29, 1.82) is 0 Å². The summed E-state index contributed by atoms with van der Waals surface area (Å²) in [5.74, 6) is -0.941. The van der Waals surface area contributed by atoms with Crippen LogP contribution in [0.15, 0.2) is 72.9 Å². The standard InChI is InChI=1S/C39H67NO5S/c1-3-5-7-9-11-13-14-15-16-17-18-19-20-21-22-23-24-25-26-27-29-31-33-35-39(42)40-37(36-46(43,44)45)38(41)34-32-30-28-12-10-8-6-4-2/h5,7,11,13,15-16,18-19,21-22,24-25,37-38,41H,3-4,6,8-10,12,14,17,20,23,26-36H2,1-2H3,(H,40,42)(H,43,44,45)/b7-5-,13-11-,16-15-,19-18-,22-21-,25-24-. The quantitative estimate of drug-likeness (QED) is 0.0390. The first-order valence-electron chi connectivity index (χ1n) is 18.1. The molecule has 7 heteroatoms. The number of rotatable bonds is 31. The summed E-state index contributed by atoms with van der Waals surface area (Å²) in [5, 5.41) is 13.2. The van der Waals surface area contributed by atoms with Crippen molar-refractivity contribution >= 4 is 16.0 Å². The van der Waals surface area contributed by atoms with Crippen molar-refractivity contribution in [3.63, 3.8) is 0 Å². The number of hydrogen-bond acceptors (Lipinski definition) is 4. The third-order valence-corrected chi connectivity index (χ3v) is 8.46. The van der Waals surface area contributed by atoms with Crippen molar-refractivity contribution in [2.45, 2.75) is 161 Å². The molecule has 0 saturated heterocycles. The van der Waals surface area contributed by atoms with E-state index >= 15 is 0 Å². The van der Waals surface area contributed by atoms with Crippen LogP contribution in [0.3, 0.4) is 0 Å². The van der Waals surface area contributed by atoms with Crippen molar-refractivity contribution in [2.24, 2.45) is 0 Å². The molecule has 2 unspecified atom stereocenters. The van der Waals surface area contributed by atoms with Gasteiger partial charge in [0.2, 0.25) is 5.91 Å². The van der Waals surface area contributed by atoms with E-state index < -0.39 is 28.0 Å². The summed E-state index contributed by atoms with van der Waals surface area (Å²) in [6, 6.07) is -0.986. The molecule has 0 aromatic heterocycles. The zero-order valence-corrected chi connectivity index (χ0v) is 30.0. The lowest BCUT2D eigenvalue weighted by atomic mass is 10.0. The van der Waals surface area contributed by atoms with Gasteiger partial charge >= 0.3 is 0 Å². The Morgan fingerprint density at radius 2 is 1.04 bits per heavy atom. The predicted octanol–water partition coefficient (Wildman–Crippen LogP) is 10.3. The van der Waals surface area contributed by atoms with Crippen molar-refractivity contribution < 1.29 is 22.9 Å². The Kier molecular flexibility index (Phi) is 31.1. The first-order chi connectivity index (χ1) is 22.3. The van der Waals surface area contributed by atoms with E-state index in [1.807, 2.05) is 0 Å². The van der Waals surface area contributed by atoms with Gasteiger partial charge in [-0.2, -0.15) is 8.42 Å². The van der Waals surface area contributed by atoms with Crippen molar-refractivity contribution in [2.75, 3.05) is 5.75 Å². The number of carbonyl (C=O) groups is 1. The fraction of sp³-hybridized carbons (Fsp3) is 0.667. The maximum Gasteiger partial charge on any atom is 0.266 e. The van der Waals surface area contributed by atoms with Gasteiger partial charge < -0.3 is 10.4 Å². The van der Waals surface area contributed by atoms with E-state index in [2.05, 4.69) is 92.1 Å². The van der Waals surface area contributed by atoms with Crippen LogP contribution in [-0.4, -0.2) is 41.9 Å². The molecule has 3 N–H and O–H groups in total. The van der Waals surface area contributed by atoms with E-state index in [1.165, 1.54) is 32.1 Å². The largest absolute Gasteiger partial charge is 0.391 e. The molecule has 2 atom stereocenters. The molecule has 0 radical (unpaired) electrons. The lowest BCUT2D eigenvalue weighted by Crippen LogP contribution is -2.47. The SMILES string of the molecule is CC/C=C\C/C=C\C/C=C\C/C=C\C/C=C\C/C=C\CCCCCCC(=O)NC(CS(=O)(=O)O)C(O)CCCCCCCCCC. The Labute approximate surface area is 283 Å². The summed E-state index contributed by atoms with van der Waals surface area (Å²) in [4.78, 5) is 12.4. The van der Waals surface area contributed by atoms with Crippen LogP contribution in [0.4, 0.5) is 0 Å². The average molecular weight is 662 g/mol. The van der Waals surface area contributed by atoms with Gasteiger partial charge in [0.1, 0.15) is 0 Å². The highest BCUT2D eigenvalue weighted by Gasteiger charge is 2.26. The van der Waals surface area contributed by atoms with Gasteiger partial charge in [0, 0.05) is 6.42 Å². The number of allylic oxidation sites excluding steroid dienone is 12. The van der Waals surface area contributed by atoms with E-state index in [-0.39, 0.29) is 12.3 Å². The van der Waals surface area contributed by atoms with Crippen LogP contribution in [-0.2, 0) is 14.9 Å². The van der Waals surface area contributed by atoms with Crippen molar-refractivity contribution in [1.82, 2.24) is 5.32 Å². The van der Waals surface area contributed by atoms with E-state index in [0.717, 1.165) is 83.5 Å². The van der Waals surface area contributed by atoms with Crippen LogP contribution in [0.1, 0.15) is 149 Å². The average Bonchev–Trinajstić information content (AvgIpc) is 3.01. The number of hydrogen-bond donors (Lipinski definition) is 3. The molecule has 0 aliphatic carbocycles. The van der Waals surface area contributed by atoms with Gasteiger partial charge in [-0.3, -0.25) is 9.35 Å². The molecule has 0 bridgehead atoms. The first-order valence-corrected chi connectivity index (χ1v) is 19.7. The Morgan fingerprint density at radius 1 is 0.609 bits per heavy atom. The first kappa shape index (κ1) is 43.8. The van der Waals surface area contributed by atoms with Gasteiger partial charge in [-0.1, -0.05) is 151 Å². The lowest BCUT2D eigenvalue weighted by Gasteiger charge is -2.23. The second-order valence-electron chi connectivity index (χ2n) is 12.1. The molecule has 0 aromatic rings. The molecule has 0 aliphatic heterocycles. The zero-order chi connectivity index (χ0) is 34.0. The highest BCUT2D eigenvalue weighted by Crippen LogP contribution is 2.13. The summed E-state index contributed by atoms with van der Waals surface area (Å²) in [7, 11) is -4.31. The molecule has 46 heavy (non-hydrogen) atoms. The van der Waals surface area contributed by atoms with E-state index in [1.54, 1.807) is 0 Å². The molecule has 0 saturated carbocycles. The van der Waals surface area contributed by atoms with E-state index in [0.29, 0.717) is 12.8 Å². The summed E-state index contributed by atoms with van der Waals surface area (Å²) in [5.41, 5.74) is 0. The molecule has 0 aromatic carbocycles. The Morgan fingerprint density at radius 3 is 1.54 bits per heavy atom. The minimum Gasteiger partial charge on any atom is -0.391 e. The molecular formula is C39H67NO5S. The Balaban J connectivity index is 3.96. The van der Waals surface area contributed by atoms with Gasteiger partial charge in [-0.05, 0) is 64.2 Å². The van der Waals surface area contributed by atoms with Crippen LogP contribution >= 0.6 is 0 Å². The smallest absolute Gasteiger partial charge is 0.266 e. The minimum atomic E-state index is -4.31. The molecule has 0 spiro atoms. The topological polar surface area (TPSA) is 104 Å². The highest BCUT2D eigenvalue weighted by atomic mass is 32.2. The molecule has 0 rings (SSSR count). The second kappa shape index (κ2) is 32.7. The number of carbonyl (C=O) groups excluding carboxylic acids is 1. The fourth-order valence-electron chi connectivity index (χ4n) is 4.98. The summed E-state index contributed by atoms with van der Waals surface area (Å²) >= 11 is 0. The van der Waals surface area contributed by atoms with E-state index in [4.69, 9.17) is 0 Å².